The summed E-state index contributed by atoms with van der Waals surface area (Å²) in [7, 11) is 0. The zero-order valence-corrected chi connectivity index (χ0v) is 13.5. The highest BCUT2D eigenvalue weighted by atomic mass is 32.1. The Bertz CT molecular complexity index is 350. The lowest BCUT2D eigenvalue weighted by atomic mass is 9.78. The number of hydrogen-bond acceptors (Lipinski definition) is 3. The first kappa shape index (κ1) is 15.6. The fourth-order valence-corrected chi connectivity index (χ4v) is 2.61. The van der Waals surface area contributed by atoms with Crippen LogP contribution >= 0.6 is 11.3 Å². The molecule has 0 aliphatic heterocycles. The number of aromatic nitrogens is 1. The van der Waals surface area contributed by atoms with Gasteiger partial charge in [0.25, 0.3) is 0 Å². The summed E-state index contributed by atoms with van der Waals surface area (Å²) >= 11 is 1.75. The Morgan fingerprint density at radius 3 is 2.39 bits per heavy atom. The molecule has 1 rings (SSSR count). The second kappa shape index (κ2) is 6.67. The summed E-state index contributed by atoms with van der Waals surface area (Å²) in [6.07, 6.45) is 1.08. The van der Waals surface area contributed by atoms with Crippen molar-refractivity contribution in [2.45, 2.75) is 48.0 Å². The van der Waals surface area contributed by atoms with Crippen molar-refractivity contribution in [2.75, 3.05) is 13.1 Å². The van der Waals surface area contributed by atoms with Crippen molar-refractivity contribution >= 4 is 11.3 Å². The molecule has 1 N–H and O–H groups in total. The van der Waals surface area contributed by atoms with Crippen LogP contribution in [0.5, 0.6) is 0 Å². The summed E-state index contributed by atoms with van der Waals surface area (Å²) in [6.45, 7) is 15.7. The number of nitrogens with zero attached hydrogens (tertiary/aromatic N) is 1. The van der Waals surface area contributed by atoms with Crippen LogP contribution in [0.1, 0.15) is 45.3 Å². The normalized spacial score (nSPS) is 14.2. The van der Waals surface area contributed by atoms with Crippen LogP contribution in [0.4, 0.5) is 0 Å². The van der Waals surface area contributed by atoms with Crippen LogP contribution in [-0.4, -0.2) is 18.1 Å². The van der Waals surface area contributed by atoms with Crippen LogP contribution in [-0.2, 0) is 6.42 Å². The minimum atomic E-state index is 0.321. The molecule has 0 saturated heterocycles. The van der Waals surface area contributed by atoms with Gasteiger partial charge in [0.05, 0.1) is 10.7 Å². The molecule has 104 valence electrons. The molecule has 1 atom stereocenters. The standard InChI is InChI=1S/C15H28N2S/c1-11(2)8-16-9-13(15(4,5)6)7-14-10-18-12(3)17-14/h10-11,13,16H,7-9H2,1-6H3. The van der Waals surface area contributed by atoms with Gasteiger partial charge in [-0.15, -0.1) is 11.3 Å². The Morgan fingerprint density at radius 1 is 1.28 bits per heavy atom. The first-order valence-corrected chi connectivity index (χ1v) is 7.78. The van der Waals surface area contributed by atoms with Crippen molar-refractivity contribution in [2.24, 2.45) is 17.3 Å². The summed E-state index contributed by atoms with van der Waals surface area (Å²) in [4.78, 5) is 4.60. The van der Waals surface area contributed by atoms with E-state index >= 15 is 0 Å². The number of thiazole rings is 1. The maximum Gasteiger partial charge on any atom is 0.0897 e. The SMILES string of the molecule is Cc1nc(CC(CNCC(C)C)C(C)(C)C)cs1. The summed E-state index contributed by atoms with van der Waals surface area (Å²) in [6, 6.07) is 0. The summed E-state index contributed by atoms with van der Waals surface area (Å²) < 4.78 is 0. The highest BCUT2D eigenvalue weighted by Crippen LogP contribution is 2.29. The fourth-order valence-electron chi connectivity index (χ4n) is 1.99. The van der Waals surface area contributed by atoms with Crippen molar-refractivity contribution in [3.63, 3.8) is 0 Å². The molecule has 18 heavy (non-hydrogen) atoms. The van der Waals surface area contributed by atoms with Crippen molar-refractivity contribution in [1.29, 1.82) is 0 Å². The molecule has 0 spiro atoms. The second-order valence-corrected chi connectivity index (χ2v) is 7.74. The van der Waals surface area contributed by atoms with Crippen molar-refractivity contribution in [1.82, 2.24) is 10.3 Å². The van der Waals surface area contributed by atoms with Crippen LogP contribution in [0.15, 0.2) is 5.38 Å². The predicted octanol–water partition coefficient (Wildman–Crippen LogP) is 3.90. The van der Waals surface area contributed by atoms with Gasteiger partial charge in [0, 0.05) is 5.38 Å². The number of nitrogens with one attached hydrogen (secondary N) is 1. The van der Waals surface area contributed by atoms with Crippen molar-refractivity contribution in [3.05, 3.63) is 16.1 Å². The predicted molar refractivity (Wildman–Crippen MR) is 81.2 cm³/mol. The lowest BCUT2D eigenvalue weighted by molar-refractivity contribution is 0.227. The van der Waals surface area contributed by atoms with Gasteiger partial charge < -0.3 is 5.32 Å². The van der Waals surface area contributed by atoms with Gasteiger partial charge in [0.2, 0.25) is 0 Å². The molecule has 0 aromatic carbocycles. The summed E-state index contributed by atoms with van der Waals surface area (Å²) in [5, 5.41) is 6.97. The molecule has 1 unspecified atom stereocenters. The quantitative estimate of drug-likeness (QED) is 0.846. The van der Waals surface area contributed by atoms with Gasteiger partial charge in [-0.2, -0.15) is 0 Å². The molecule has 0 saturated carbocycles. The lowest BCUT2D eigenvalue weighted by Crippen LogP contribution is -2.35. The monoisotopic (exact) mass is 268 g/mol. The largest absolute Gasteiger partial charge is 0.316 e. The first-order chi connectivity index (χ1) is 8.29. The van der Waals surface area contributed by atoms with Crippen molar-refractivity contribution in [3.8, 4) is 0 Å². The smallest absolute Gasteiger partial charge is 0.0897 e. The van der Waals surface area contributed by atoms with Gasteiger partial charge in [-0.05, 0) is 43.7 Å². The van der Waals surface area contributed by atoms with Gasteiger partial charge in [-0.25, -0.2) is 4.98 Å². The third-order valence-electron chi connectivity index (χ3n) is 3.29. The number of hydrogen-bond donors (Lipinski definition) is 1. The highest BCUT2D eigenvalue weighted by Gasteiger charge is 2.25. The molecular formula is C15H28N2S. The zero-order chi connectivity index (χ0) is 13.8. The van der Waals surface area contributed by atoms with E-state index in [2.05, 4.69) is 57.2 Å². The minimum Gasteiger partial charge on any atom is -0.316 e. The third-order valence-corrected chi connectivity index (χ3v) is 4.11. The van der Waals surface area contributed by atoms with Crippen LogP contribution in [0.25, 0.3) is 0 Å². The number of aryl methyl sites for hydroxylation is 1. The van der Waals surface area contributed by atoms with Gasteiger partial charge >= 0.3 is 0 Å². The maximum atomic E-state index is 4.60. The molecule has 1 aromatic heterocycles. The Morgan fingerprint density at radius 2 is 1.94 bits per heavy atom. The van der Waals surface area contributed by atoms with E-state index in [1.54, 1.807) is 11.3 Å². The summed E-state index contributed by atoms with van der Waals surface area (Å²) in [5.74, 6) is 1.35. The van der Waals surface area contributed by atoms with E-state index in [0.717, 1.165) is 19.5 Å². The Balaban J connectivity index is 2.56. The van der Waals surface area contributed by atoms with E-state index in [1.807, 2.05) is 0 Å². The van der Waals surface area contributed by atoms with Crippen LogP contribution in [0, 0.1) is 24.2 Å². The fraction of sp³-hybridized carbons (Fsp3) is 0.800. The van der Waals surface area contributed by atoms with Gasteiger partial charge in [-0.3, -0.25) is 0 Å². The summed E-state index contributed by atoms with van der Waals surface area (Å²) in [5.41, 5.74) is 1.57. The van der Waals surface area contributed by atoms with E-state index in [1.165, 1.54) is 10.7 Å². The Hall–Kier alpha value is -0.410. The van der Waals surface area contributed by atoms with Crippen LogP contribution in [0.3, 0.4) is 0 Å². The average Bonchev–Trinajstić information content (AvgIpc) is 2.60. The molecule has 0 amide bonds. The molecule has 3 heteroatoms. The zero-order valence-electron chi connectivity index (χ0n) is 12.7. The van der Waals surface area contributed by atoms with E-state index in [4.69, 9.17) is 0 Å². The topological polar surface area (TPSA) is 24.9 Å². The molecule has 1 aromatic rings. The van der Waals surface area contributed by atoms with Gasteiger partial charge in [0.15, 0.2) is 0 Å². The van der Waals surface area contributed by atoms with Crippen molar-refractivity contribution < 1.29 is 0 Å². The lowest BCUT2D eigenvalue weighted by Gasteiger charge is -2.31. The molecule has 1 heterocycles. The molecule has 0 bridgehead atoms. The molecule has 0 fully saturated rings. The molecule has 0 aliphatic carbocycles. The van der Waals surface area contributed by atoms with E-state index in [9.17, 15) is 0 Å². The van der Waals surface area contributed by atoms with Gasteiger partial charge in [-0.1, -0.05) is 34.6 Å². The molecule has 0 aliphatic rings. The third kappa shape index (κ3) is 5.49. The molecule has 0 radical (unpaired) electrons. The Kier molecular flexibility index (Phi) is 5.80. The van der Waals surface area contributed by atoms with E-state index in [-0.39, 0.29) is 0 Å². The molecular weight excluding hydrogens is 240 g/mol. The Labute approximate surface area is 116 Å². The minimum absolute atomic E-state index is 0.321. The number of rotatable bonds is 6. The van der Waals surface area contributed by atoms with E-state index < -0.39 is 0 Å². The highest BCUT2D eigenvalue weighted by molar-refractivity contribution is 7.09. The van der Waals surface area contributed by atoms with Crippen LogP contribution in [0.2, 0.25) is 0 Å². The maximum absolute atomic E-state index is 4.60. The average molecular weight is 268 g/mol. The molecule has 2 nitrogen and oxygen atoms in total. The van der Waals surface area contributed by atoms with E-state index in [0.29, 0.717) is 17.3 Å². The second-order valence-electron chi connectivity index (χ2n) is 6.68. The van der Waals surface area contributed by atoms with Gasteiger partial charge in [0.1, 0.15) is 0 Å². The first-order valence-electron chi connectivity index (χ1n) is 6.90. The van der Waals surface area contributed by atoms with Crippen LogP contribution < -0.4 is 5.32 Å².